The molecular weight excluding hydrogens is 491 g/mol. The van der Waals surface area contributed by atoms with E-state index in [4.69, 9.17) is 32.7 Å². The lowest BCUT2D eigenvalue weighted by molar-refractivity contribution is -0.140. The molecule has 35 heavy (non-hydrogen) atoms. The van der Waals surface area contributed by atoms with Gasteiger partial charge in [0.2, 0.25) is 0 Å². The van der Waals surface area contributed by atoms with E-state index in [1.165, 1.54) is 4.90 Å². The quantitative estimate of drug-likeness (QED) is 0.243. The largest absolute Gasteiger partial charge is 0.507 e. The van der Waals surface area contributed by atoms with E-state index in [-0.39, 0.29) is 11.3 Å². The summed E-state index contributed by atoms with van der Waals surface area (Å²) in [7, 11) is 0. The second kappa shape index (κ2) is 11.3. The first-order valence-electron chi connectivity index (χ1n) is 11.3. The number of morpholine rings is 1. The van der Waals surface area contributed by atoms with Gasteiger partial charge in [0, 0.05) is 31.7 Å². The van der Waals surface area contributed by atoms with Gasteiger partial charge in [0.15, 0.2) is 0 Å². The molecule has 0 saturated carbocycles. The van der Waals surface area contributed by atoms with E-state index in [1.807, 2.05) is 0 Å². The molecule has 1 N–H and O–H groups in total. The minimum Gasteiger partial charge on any atom is -0.507 e. The number of amides is 1. The Bertz CT molecular complexity index is 1140. The molecular formula is C26H26Cl2N2O5. The molecule has 2 saturated heterocycles. The van der Waals surface area contributed by atoms with E-state index < -0.39 is 17.7 Å². The second-order valence-electron chi connectivity index (χ2n) is 8.24. The number of benzene rings is 2. The van der Waals surface area contributed by atoms with Gasteiger partial charge in [-0.1, -0.05) is 41.9 Å². The normalized spacial score (nSPS) is 20.3. The van der Waals surface area contributed by atoms with Crippen LogP contribution in [0.5, 0.6) is 5.75 Å². The molecule has 2 aromatic rings. The number of Topliss-reactive ketones (excluding diaryl/α,β-unsaturated/α-hetero) is 1. The van der Waals surface area contributed by atoms with Gasteiger partial charge in [-0.05, 0) is 42.0 Å². The van der Waals surface area contributed by atoms with Gasteiger partial charge in [-0.3, -0.25) is 14.5 Å². The van der Waals surface area contributed by atoms with Crippen molar-refractivity contribution in [2.24, 2.45) is 0 Å². The highest BCUT2D eigenvalue weighted by molar-refractivity contribution is 6.46. The molecule has 184 valence electrons. The third-order valence-electron chi connectivity index (χ3n) is 6.06. The number of hydrogen-bond acceptors (Lipinski definition) is 6. The lowest BCUT2D eigenvalue weighted by Gasteiger charge is -2.31. The van der Waals surface area contributed by atoms with E-state index in [0.717, 1.165) is 13.1 Å². The summed E-state index contributed by atoms with van der Waals surface area (Å²) in [5, 5.41) is 11.9. The Hall–Kier alpha value is -2.84. The summed E-state index contributed by atoms with van der Waals surface area (Å²) in [6.45, 7) is 7.60. The van der Waals surface area contributed by atoms with Gasteiger partial charge >= 0.3 is 0 Å². The second-order valence-corrected chi connectivity index (χ2v) is 9.06. The molecule has 0 radical (unpaired) electrons. The number of carbonyl (C=O) groups is 2. The number of ketones is 1. The Kier molecular flexibility index (Phi) is 8.13. The average molecular weight is 517 g/mol. The summed E-state index contributed by atoms with van der Waals surface area (Å²) in [5.74, 6) is -1.08. The third-order valence-corrected chi connectivity index (χ3v) is 6.79. The number of rotatable bonds is 8. The van der Waals surface area contributed by atoms with Crippen molar-refractivity contribution in [1.82, 2.24) is 9.80 Å². The highest BCUT2D eigenvalue weighted by atomic mass is 35.5. The van der Waals surface area contributed by atoms with Crippen LogP contribution >= 0.6 is 23.2 Å². The maximum Gasteiger partial charge on any atom is 0.295 e. The van der Waals surface area contributed by atoms with Gasteiger partial charge in [-0.25, -0.2) is 0 Å². The summed E-state index contributed by atoms with van der Waals surface area (Å²) < 4.78 is 10.9. The van der Waals surface area contributed by atoms with E-state index in [0.29, 0.717) is 59.8 Å². The summed E-state index contributed by atoms with van der Waals surface area (Å²) in [6.07, 6.45) is 1.63. The molecule has 4 rings (SSSR count). The molecule has 0 spiro atoms. The van der Waals surface area contributed by atoms with Gasteiger partial charge in [-0.15, -0.1) is 0 Å². The third kappa shape index (κ3) is 5.54. The molecule has 0 aromatic heterocycles. The number of carbonyl (C=O) groups excluding carboxylic acids is 2. The number of nitrogens with zero attached hydrogens (tertiary/aromatic N) is 2. The molecule has 0 aliphatic carbocycles. The molecule has 2 aliphatic heterocycles. The van der Waals surface area contributed by atoms with Crippen molar-refractivity contribution in [3.8, 4) is 5.75 Å². The molecule has 2 aliphatic rings. The van der Waals surface area contributed by atoms with Crippen molar-refractivity contribution in [3.63, 3.8) is 0 Å². The van der Waals surface area contributed by atoms with E-state index >= 15 is 0 Å². The van der Waals surface area contributed by atoms with Crippen LogP contribution < -0.4 is 4.74 Å². The van der Waals surface area contributed by atoms with Crippen molar-refractivity contribution in [2.45, 2.75) is 6.04 Å². The first-order valence-corrected chi connectivity index (χ1v) is 12.0. The van der Waals surface area contributed by atoms with Crippen molar-refractivity contribution in [3.05, 3.63) is 81.9 Å². The zero-order valence-electron chi connectivity index (χ0n) is 19.1. The van der Waals surface area contributed by atoms with Crippen LogP contribution in [-0.4, -0.2) is 72.6 Å². The van der Waals surface area contributed by atoms with E-state index in [1.54, 1.807) is 48.5 Å². The number of ether oxygens (including phenoxy) is 2. The molecule has 1 atom stereocenters. The number of likely N-dealkylation sites (tertiary alicyclic amines) is 1. The smallest absolute Gasteiger partial charge is 0.295 e. The molecule has 9 heteroatoms. The highest BCUT2D eigenvalue weighted by Crippen LogP contribution is 2.41. The van der Waals surface area contributed by atoms with E-state index in [2.05, 4.69) is 11.5 Å². The molecule has 2 heterocycles. The fourth-order valence-corrected chi connectivity index (χ4v) is 4.54. The molecule has 0 bridgehead atoms. The van der Waals surface area contributed by atoms with Crippen LogP contribution in [0.4, 0.5) is 0 Å². The van der Waals surface area contributed by atoms with Crippen molar-refractivity contribution >= 4 is 40.7 Å². The predicted molar refractivity (Wildman–Crippen MR) is 135 cm³/mol. The lowest BCUT2D eigenvalue weighted by Crippen LogP contribution is -2.42. The molecule has 1 amide bonds. The SMILES string of the molecule is C=CCOc1ccc(/C(O)=C2/C(=O)C(=O)N(CCN3CCOCC3)C2c2ccc(Cl)c(Cl)c2)cc1. The fraction of sp³-hybridized carbons (Fsp3) is 0.308. The maximum absolute atomic E-state index is 13.2. The van der Waals surface area contributed by atoms with Crippen LogP contribution in [0.2, 0.25) is 10.0 Å². The van der Waals surface area contributed by atoms with Gasteiger partial charge in [0.05, 0.1) is 34.9 Å². The molecule has 1 unspecified atom stereocenters. The molecule has 7 nitrogen and oxygen atoms in total. The Labute approximate surface area is 214 Å². The van der Waals surface area contributed by atoms with Gasteiger partial charge < -0.3 is 19.5 Å². The summed E-state index contributed by atoms with van der Waals surface area (Å²) in [5.41, 5.74) is 0.996. The van der Waals surface area contributed by atoms with Gasteiger partial charge in [0.1, 0.15) is 18.1 Å². The molecule has 2 fully saturated rings. The number of halogens is 2. The highest BCUT2D eigenvalue weighted by Gasteiger charge is 2.46. The molecule has 2 aromatic carbocycles. The average Bonchev–Trinajstić information content (AvgIpc) is 3.13. The summed E-state index contributed by atoms with van der Waals surface area (Å²) >= 11 is 12.4. The number of aliphatic hydroxyl groups excluding tert-OH is 1. The van der Waals surface area contributed by atoms with E-state index in [9.17, 15) is 14.7 Å². The zero-order chi connectivity index (χ0) is 24.9. The van der Waals surface area contributed by atoms with Crippen LogP contribution in [0.15, 0.2) is 60.7 Å². The van der Waals surface area contributed by atoms with Gasteiger partial charge in [0.25, 0.3) is 11.7 Å². The Morgan fingerprint density at radius 3 is 2.46 bits per heavy atom. The van der Waals surface area contributed by atoms with Crippen LogP contribution in [-0.2, 0) is 14.3 Å². The Morgan fingerprint density at radius 2 is 1.80 bits per heavy atom. The van der Waals surface area contributed by atoms with Crippen LogP contribution in [0, 0.1) is 0 Å². The Balaban J connectivity index is 1.71. The minimum absolute atomic E-state index is 0.00938. The summed E-state index contributed by atoms with van der Waals surface area (Å²) in [4.78, 5) is 30.0. The first kappa shape index (κ1) is 25.3. The monoisotopic (exact) mass is 516 g/mol. The zero-order valence-corrected chi connectivity index (χ0v) is 20.6. The Morgan fingerprint density at radius 1 is 1.09 bits per heavy atom. The van der Waals surface area contributed by atoms with Crippen LogP contribution in [0.25, 0.3) is 5.76 Å². The fourth-order valence-electron chi connectivity index (χ4n) is 4.23. The maximum atomic E-state index is 13.2. The van der Waals surface area contributed by atoms with Crippen molar-refractivity contribution < 1.29 is 24.2 Å². The number of aliphatic hydroxyl groups is 1. The van der Waals surface area contributed by atoms with Crippen molar-refractivity contribution in [1.29, 1.82) is 0 Å². The first-order chi connectivity index (χ1) is 16.9. The minimum atomic E-state index is -0.803. The van der Waals surface area contributed by atoms with Crippen LogP contribution in [0.3, 0.4) is 0 Å². The number of hydrogen-bond donors (Lipinski definition) is 1. The van der Waals surface area contributed by atoms with Gasteiger partial charge in [-0.2, -0.15) is 0 Å². The topological polar surface area (TPSA) is 79.3 Å². The predicted octanol–water partition coefficient (Wildman–Crippen LogP) is 4.31. The van der Waals surface area contributed by atoms with Crippen molar-refractivity contribution in [2.75, 3.05) is 46.0 Å². The van der Waals surface area contributed by atoms with Crippen LogP contribution in [0.1, 0.15) is 17.2 Å². The summed E-state index contributed by atoms with van der Waals surface area (Å²) in [6, 6.07) is 10.8. The lowest BCUT2D eigenvalue weighted by atomic mass is 9.95. The standard InChI is InChI=1S/C26H26Cl2N2O5/c1-2-13-35-19-6-3-17(4-7-19)24(31)22-23(18-5-8-20(27)21(28)16-18)30(26(33)25(22)32)10-9-29-11-14-34-15-12-29/h2-8,16,23,31H,1,9-15H2/b24-22-.